The van der Waals surface area contributed by atoms with Crippen LogP contribution < -0.4 is 15.0 Å². The maximum absolute atomic E-state index is 13.2. The second-order valence-corrected chi connectivity index (χ2v) is 7.49. The highest BCUT2D eigenvalue weighted by molar-refractivity contribution is 6.30. The van der Waals surface area contributed by atoms with Crippen molar-refractivity contribution < 1.29 is 9.53 Å². The fourth-order valence-electron chi connectivity index (χ4n) is 3.78. The molecule has 0 radical (unpaired) electrons. The third-order valence-electron chi connectivity index (χ3n) is 5.17. The van der Waals surface area contributed by atoms with Crippen molar-refractivity contribution >= 4 is 23.2 Å². The Morgan fingerprint density at radius 2 is 2.07 bits per heavy atom. The third kappa shape index (κ3) is 4.22. The van der Waals surface area contributed by atoms with Gasteiger partial charge in [-0.15, -0.1) is 0 Å². The highest BCUT2D eigenvalue weighted by Gasteiger charge is 2.30. The molecule has 1 fully saturated rings. The van der Waals surface area contributed by atoms with Crippen LogP contribution in [0.25, 0.3) is 0 Å². The van der Waals surface area contributed by atoms with Crippen molar-refractivity contribution in [2.45, 2.75) is 18.5 Å². The Morgan fingerprint density at radius 3 is 2.79 bits per heavy atom. The highest BCUT2D eigenvalue weighted by Crippen LogP contribution is 2.33. The number of benzene rings is 2. The van der Waals surface area contributed by atoms with Crippen LogP contribution in [0.1, 0.15) is 18.0 Å². The van der Waals surface area contributed by atoms with Crippen LogP contribution in [0.2, 0.25) is 5.02 Å². The summed E-state index contributed by atoms with van der Waals surface area (Å²) in [6, 6.07) is 16.6. The second kappa shape index (κ2) is 8.57. The van der Waals surface area contributed by atoms with E-state index in [1.165, 1.54) is 0 Å². The molecule has 0 bridgehead atoms. The van der Waals surface area contributed by atoms with Gasteiger partial charge in [0.05, 0.1) is 12.8 Å². The first-order chi connectivity index (χ1) is 14.2. The SMILES string of the molecule is COc1ccc(Cl)cc1N1CCC(NC(=O)C(c2ccccc2)n2cccn2)C1. The zero-order chi connectivity index (χ0) is 20.2. The Bertz CT molecular complexity index is 962. The van der Waals surface area contributed by atoms with Crippen molar-refractivity contribution in [1.29, 1.82) is 0 Å². The average molecular weight is 411 g/mol. The van der Waals surface area contributed by atoms with Gasteiger partial charge in [0, 0.05) is 36.5 Å². The molecule has 2 atom stereocenters. The van der Waals surface area contributed by atoms with Crippen molar-refractivity contribution in [2.75, 3.05) is 25.1 Å². The van der Waals surface area contributed by atoms with Gasteiger partial charge in [0.2, 0.25) is 5.91 Å². The minimum atomic E-state index is -0.499. The molecule has 6 nitrogen and oxygen atoms in total. The maximum Gasteiger partial charge on any atom is 0.249 e. The molecular formula is C22H23ClN4O2. The lowest BCUT2D eigenvalue weighted by Gasteiger charge is -2.23. The molecule has 1 aromatic heterocycles. The number of nitrogens with zero attached hydrogens (tertiary/aromatic N) is 3. The van der Waals surface area contributed by atoms with E-state index in [1.54, 1.807) is 18.0 Å². The predicted molar refractivity (Wildman–Crippen MR) is 114 cm³/mol. The summed E-state index contributed by atoms with van der Waals surface area (Å²) in [5.74, 6) is 0.713. The lowest BCUT2D eigenvalue weighted by atomic mass is 10.1. The summed E-state index contributed by atoms with van der Waals surface area (Å²) in [6.45, 7) is 1.52. The van der Waals surface area contributed by atoms with Crippen molar-refractivity contribution in [1.82, 2.24) is 15.1 Å². The number of halogens is 1. The van der Waals surface area contributed by atoms with E-state index in [4.69, 9.17) is 16.3 Å². The fraction of sp³-hybridized carbons (Fsp3) is 0.273. The summed E-state index contributed by atoms with van der Waals surface area (Å²) in [6.07, 6.45) is 4.35. The van der Waals surface area contributed by atoms with Crippen LogP contribution >= 0.6 is 11.6 Å². The number of aromatic nitrogens is 2. The zero-order valence-electron chi connectivity index (χ0n) is 16.2. The van der Waals surface area contributed by atoms with Gasteiger partial charge in [-0.05, 0) is 36.2 Å². The number of amides is 1. The van der Waals surface area contributed by atoms with Crippen LogP contribution in [0.3, 0.4) is 0 Å². The van der Waals surface area contributed by atoms with Crippen LogP contribution in [0.4, 0.5) is 5.69 Å². The molecule has 3 aromatic rings. The molecule has 1 aliphatic rings. The van der Waals surface area contributed by atoms with Crippen molar-refractivity contribution in [3.8, 4) is 5.75 Å². The molecule has 7 heteroatoms. The van der Waals surface area contributed by atoms with Gasteiger partial charge >= 0.3 is 0 Å². The standard InChI is InChI=1S/C22H23ClN4O2/c1-29-20-9-8-17(23)14-19(20)26-13-10-18(15-26)25-22(28)21(27-12-5-11-24-27)16-6-3-2-4-7-16/h2-9,11-12,14,18,21H,10,13,15H2,1H3,(H,25,28). The first-order valence-electron chi connectivity index (χ1n) is 9.58. The first-order valence-corrected chi connectivity index (χ1v) is 9.96. The Balaban J connectivity index is 1.49. The molecule has 0 aliphatic carbocycles. The van der Waals surface area contributed by atoms with Gasteiger partial charge < -0.3 is 15.0 Å². The molecule has 1 saturated heterocycles. The summed E-state index contributed by atoms with van der Waals surface area (Å²) >= 11 is 6.18. The molecule has 2 heterocycles. The lowest BCUT2D eigenvalue weighted by Crippen LogP contribution is -2.41. The Hall–Kier alpha value is -2.99. The van der Waals surface area contributed by atoms with E-state index in [1.807, 2.05) is 60.8 Å². The van der Waals surface area contributed by atoms with Gasteiger partial charge in [0.15, 0.2) is 6.04 Å². The first kappa shape index (κ1) is 19.3. The third-order valence-corrected chi connectivity index (χ3v) is 5.40. The molecule has 1 aliphatic heterocycles. The molecule has 4 rings (SSSR count). The van der Waals surface area contributed by atoms with E-state index in [0.717, 1.165) is 30.0 Å². The fourth-order valence-corrected chi connectivity index (χ4v) is 3.95. The number of rotatable bonds is 6. The van der Waals surface area contributed by atoms with Crippen LogP contribution in [0.5, 0.6) is 5.75 Å². The summed E-state index contributed by atoms with van der Waals surface area (Å²) in [4.78, 5) is 15.4. The summed E-state index contributed by atoms with van der Waals surface area (Å²) in [7, 11) is 1.65. The van der Waals surface area contributed by atoms with E-state index in [-0.39, 0.29) is 11.9 Å². The van der Waals surface area contributed by atoms with Gasteiger partial charge in [0.25, 0.3) is 0 Å². The Morgan fingerprint density at radius 1 is 1.24 bits per heavy atom. The van der Waals surface area contributed by atoms with Crippen LogP contribution in [-0.2, 0) is 4.79 Å². The number of anilines is 1. The van der Waals surface area contributed by atoms with Crippen LogP contribution in [0.15, 0.2) is 67.0 Å². The lowest BCUT2D eigenvalue weighted by molar-refractivity contribution is -0.124. The molecule has 0 spiro atoms. The minimum absolute atomic E-state index is 0.0352. The van der Waals surface area contributed by atoms with Crippen molar-refractivity contribution in [2.24, 2.45) is 0 Å². The number of ether oxygens (including phenoxy) is 1. The minimum Gasteiger partial charge on any atom is -0.495 e. The smallest absolute Gasteiger partial charge is 0.249 e. The molecule has 1 N–H and O–H groups in total. The number of carbonyl (C=O) groups excluding carboxylic acids is 1. The Labute approximate surface area is 175 Å². The van der Waals surface area contributed by atoms with E-state index in [2.05, 4.69) is 15.3 Å². The van der Waals surface area contributed by atoms with Crippen LogP contribution in [0, 0.1) is 0 Å². The van der Waals surface area contributed by atoms with Gasteiger partial charge in [-0.3, -0.25) is 9.48 Å². The number of hydrogen-bond acceptors (Lipinski definition) is 4. The van der Waals surface area contributed by atoms with Gasteiger partial charge in [-0.25, -0.2) is 0 Å². The molecule has 2 unspecified atom stereocenters. The summed E-state index contributed by atoms with van der Waals surface area (Å²) < 4.78 is 7.17. The predicted octanol–water partition coefficient (Wildman–Crippen LogP) is 3.53. The second-order valence-electron chi connectivity index (χ2n) is 7.06. The quantitative estimate of drug-likeness (QED) is 0.675. The summed E-state index contributed by atoms with van der Waals surface area (Å²) in [5, 5.41) is 8.16. The maximum atomic E-state index is 13.2. The topological polar surface area (TPSA) is 59.4 Å². The molecule has 29 heavy (non-hydrogen) atoms. The van der Waals surface area contributed by atoms with Gasteiger partial charge in [-0.2, -0.15) is 5.10 Å². The molecule has 0 saturated carbocycles. The van der Waals surface area contributed by atoms with E-state index < -0.39 is 6.04 Å². The summed E-state index contributed by atoms with van der Waals surface area (Å²) in [5.41, 5.74) is 1.85. The monoisotopic (exact) mass is 410 g/mol. The zero-order valence-corrected chi connectivity index (χ0v) is 16.9. The van der Waals surface area contributed by atoms with E-state index in [0.29, 0.717) is 11.6 Å². The normalized spacial score (nSPS) is 17.2. The van der Waals surface area contributed by atoms with Crippen LogP contribution in [-0.4, -0.2) is 41.9 Å². The molecule has 150 valence electrons. The number of methoxy groups -OCH3 is 1. The van der Waals surface area contributed by atoms with Crippen molar-refractivity contribution in [3.63, 3.8) is 0 Å². The average Bonchev–Trinajstić information content (AvgIpc) is 3.41. The highest BCUT2D eigenvalue weighted by atomic mass is 35.5. The largest absolute Gasteiger partial charge is 0.495 e. The molecular weight excluding hydrogens is 388 g/mol. The molecule has 1 amide bonds. The number of nitrogens with one attached hydrogen (secondary N) is 1. The van der Waals surface area contributed by atoms with Gasteiger partial charge in [0.1, 0.15) is 5.75 Å². The number of carbonyl (C=O) groups is 1. The Kier molecular flexibility index (Phi) is 5.71. The number of hydrogen-bond donors (Lipinski definition) is 1. The van der Waals surface area contributed by atoms with E-state index >= 15 is 0 Å². The van der Waals surface area contributed by atoms with Gasteiger partial charge in [-0.1, -0.05) is 41.9 Å². The van der Waals surface area contributed by atoms with E-state index in [9.17, 15) is 4.79 Å². The van der Waals surface area contributed by atoms with Crippen molar-refractivity contribution in [3.05, 3.63) is 77.6 Å². The molecule has 2 aromatic carbocycles.